The van der Waals surface area contributed by atoms with Gasteiger partial charge in [0, 0.05) is 42.6 Å². The summed E-state index contributed by atoms with van der Waals surface area (Å²) in [6, 6.07) is 16.5. The van der Waals surface area contributed by atoms with E-state index in [-0.39, 0.29) is 5.41 Å². The maximum absolute atomic E-state index is 5.40. The molecule has 2 aromatic heterocycles. The molecule has 8 nitrogen and oxygen atoms in total. The van der Waals surface area contributed by atoms with Crippen LogP contribution in [0.15, 0.2) is 48.8 Å². The molecular weight excluding hydrogens is 522 g/mol. The molecule has 1 aliphatic carbocycles. The monoisotopic (exact) mass is 565 g/mol. The van der Waals surface area contributed by atoms with Gasteiger partial charge < -0.3 is 24.4 Å². The predicted molar refractivity (Wildman–Crippen MR) is 170 cm³/mol. The Kier molecular flexibility index (Phi) is 6.75. The van der Waals surface area contributed by atoms with Crippen molar-refractivity contribution in [2.45, 2.75) is 89.8 Å². The van der Waals surface area contributed by atoms with Gasteiger partial charge in [-0.2, -0.15) is 9.97 Å². The van der Waals surface area contributed by atoms with E-state index in [1.807, 2.05) is 6.33 Å². The lowest BCUT2D eigenvalue weighted by molar-refractivity contribution is 0.414. The third-order valence-corrected chi connectivity index (χ3v) is 9.63. The fraction of sp³-hybridized carbons (Fsp3) is 0.500. The van der Waals surface area contributed by atoms with Crippen molar-refractivity contribution in [3.05, 3.63) is 59.9 Å². The molecule has 2 aromatic carbocycles. The van der Waals surface area contributed by atoms with Crippen LogP contribution in [0.4, 0.5) is 23.1 Å². The van der Waals surface area contributed by atoms with Gasteiger partial charge in [0.1, 0.15) is 11.3 Å². The Hall–Kier alpha value is -3.81. The van der Waals surface area contributed by atoms with Crippen LogP contribution in [0.25, 0.3) is 11.2 Å². The molecule has 3 aliphatic rings. The van der Waals surface area contributed by atoms with E-state index in [1.54, 1.807) is 7.11 Å². The zero-order valence-electron chi connectivity index (χ0n) is 25.6. The maximum Gasteiger partial charge on any atom is 0.229 e. The minimum absolute atomic E-state index is 0.0603. The van der Waals surface area contributed by atoms with Crippen LogP contribution in [0.2, 0.25) is 0 Å². The Morgan fingerprint density at radius 2 is 1.60 bits per heavy atom. The quantitative estimate of drug-likeness (QED) is 0.266. The summed E-state index contributed by atoms with van der Waals surface area (Å²) >= 11 is 0. The second-order valence-corrected chi connectivity index (χ2v) is 13.4. The molecular formula is C34H43N7O. The molecule has 4 heterocycles. The molecule has 2 atom stereocenters. The average Bonchev–Trinajstić information content (AvgIpc) is 3.71. The van der Waals surface area contributed by atoms with Gasteiger partial charge in [-0.1, -0.05) is 45.7 Å². The van der Waals surface area contributed by atoms with E-state index < -0.39 is 0 Å². The molecule has 4 aromatic rings. The molecule has 2 aliphatic heterocycles. The topological polar surface area (TPSA) is 71.3 Å². The van der Waals surface area contributed by atoms with Crippen molar-refractivity contribution in [2.75, 3.05) is 35.3 Å². The van der Waals surface area contributed by atoms with Crippen molar-refractivity contribution in [3.8, 4) is 5.75 Å². The number of nitrogens with zero attached hydrogens (tertiary/aromatic N) is 6. The van der Waals surface area contributed by atoms with Gasteiger partial charge in [-0.15, -0.1) is 0 Å². The van der Waals surface area contributed by atoms with Crippen LogP contribution in [-0.4, -0.2) is 51.8 Å². The summed E-state index contributed by atoms with van der Waals surface area (Å²) in [6.45, 7) is 10.7. The Balaban J connectivity index is 1.25. The summed E-state index contributed by atoms with van der Waals surface area (Å²) in [4.78, 5) is 20.2. The van der Waals surface area contributed by atoms with Crippen molar-refractivity contribution in [1.82, 2.24) is 19.5 Å². The fourth-order valence-electron chi connectivity index (χ4n) is 7.21. The molecule has 3 fully saturated rings. The number of hydrogen-bond acceptors (Lipinski definition) is 7. The van der Waals surface area contributed by atoms with E-state index in [0.29, 0.717) is 18.1 Å². The number of piperazine rings is 1. The van der Waals surface area contributed by atoms with Gasteiger partial charge in [0.05, 0.1) is 13.4 Å². The number of methoxy groups -OCH3 is 1. The van der Waals surface area contributed by atoms with Crippen LogP contribution >= 0.6 is 0 Å². The highest BCUT2D eigenvalue weighted by molar-refractivity contribution is 5.87. The van der Waals surface area contributed by atoms with E-state index in [4.69, 9.17) is 19.7 Å². The minimum atomic E-state index is 0.0603. The number of hydrogen-bond donors (Lipinski definition) is 1. The van der Waals surface area contributed by atoms with Gasteiger partial charge in [0.2, 0.25) is 5.95 Å². The van der Waals surface area contributed by atoms with Crippen molar-refractivity contribution in [1.29, 1.82) is 0 Å². The molecule has 0 radical (unpaired) electrons. The first-order valence-electron chi connectivity index (χ1n) is 15.6. The Bertz CT molecular complexity index is 1570. The lowest BCUT2D eigenvalue weighted by atomic mass is 9.86. The Morgan fingerprint density at radius 3 is 2.26 bits per heavy atom. The summed E-state index contributed by atoms with van der Waals surface area (Å²) < 4.78 is 7.73. The number of aromatic nitrogens is 4. The average molecular weight is 566 g/mol. The molecule has 2 saturated heterocycles. The summed E-state index contributed by atoms with van der Waals surface area (Å²) in [5.74, 6) is 2.53. The Labute approximate surface area is 249 Å². The maximum atomic E-state index is 5.40. The molecule has 0 amide bonds. The highest BCUT2D eigenvalue weighted by Crippen LogP contribution is 2.39. The van der Waals surface area contributed by atoms with Crippen molar-refractivity contribution >= 4 is 34.3 Å². The number of aryl methyl sites for hydroxylation is 1. The Morgan fingerprint density at radius 1 is 0.881 bits per heavy atom. The molecule has 1 N–H and O–H groups in total. The van der Waals surface area contributed by atoms with E-state index in [2.05, 4.69) is 89.8 Å². The zero-order valence-corrected chi connectivity index (χ0v) is 25.6. The first kappa shape index (κ1) is 27.0. The van der Waals surface area contributed by atoms with Crippen LogP contribution < -0.4 is 19.9 Å². The SMILES string of the molecule is COc1ccc(N2[C@@H]3CC[C@H]2CN(c2nc(Nc4cc(C(C)(C)C)ccc4C)c4c(ncn4C4CCCC4)n2)C3)cc1. The lowest BCUT2D eigenvalue weighted by Crippen LogP contribution is -2.54. The first-order chi connectivity index (χ1) is 20.3. The summed E-state index contributed by atoms with van der Waals surface area (Å²) in [7, 11) is 1.72. The number of nitrogens with one attached hydrogen (secondary N) is 1. The lowest BCUT2D eigenvalue weighted by Gasteiger charge is -2.42. The second kappa shape index (κ2) is 10.5. The smallest absolute Gasteiger partial charge is 0.229 e. The standard InChI is InChI=1S/C34H43N7O/c1-22-10-11-23(34(2,3)4)18-29(22)36-32-30-31(35-21-40(30)24-8-6-7-9-24)37-33(38-32)39-19-26-12-13-27(20-39)41(26)25-14-16-28(42-5)17-15-25/h10-11,14-18,21,24,26-27H,6-9,12-13,19-20H2,1-5H3,(H,36,37,38)/t26-,27+. The molecule has 0 spiro atoms. The van der Waals surface area contributed by atoms with Crippen molar-refractivity contribution < 1.29 is 4.74 Å². The van der Waals surface area contributed by atoms with Crippen molar-refractivity contribution in [3.63, 3.8) is 0 Å². The van der Waals surface area contributed by atoms with Crippen LogP contribution in [0, 0.1) is 6.92 Å². The number of anilines is 4. The minimum Gasteiger partial charge on any atom is -0.497 e. The van der Waals surface area contributed by atoms with E-state index in [9.17, 15) is 0 Å². The number of rotatable bonds is 6. The molecule has 42 heavy (non-hydrogen) atoms. The van der Waals surface area contributed by atoms with Crippen molar-refractivity contribution in [2.24, 2.45) is 0 Å². The number of benzene rings is 2. The number of imidazole rings is 1. The largest absolute Gasteiger partial charge is 0.497 e. The van der Waals surface area contributed by atoms with Crippen LogP contribution in [0.1, 0.15) is 76.5 Å². The molecule has 7 rings (SSSR count). The van der Waals surface area contributed by atoms with Gasteiger partial charge in [0.25, 0.3) is 0 Å². The normalized spacial score (nSPS) is 21.0. The van der Waals surface area contributed by atoms with E-state index in [0.717, 1.165) is 47.5 Å². The third kappa shape index (κ3) is 4.84. The molecule has 0 unspecified atom stereocenters. The summed E-state index contributed by atoms with van der Waals surface area (Å²) in [6.07, 6.45) is 9.24. The third-order valence-electron chi connectivity index (χ3n) is 9.63. The van der Waals surface area contributed by atoms with E-state index >= 15 is 0 Å². The van der Waals surface area contributed by atoms with E-state index in [1.165, 1.54) is 55.3 Å². The van der Waals surface area contributed by atoms with Gasteiger partial charge in [-0.25, -0.2) is 4.98 Å². The molecule has 2 bridgehead atoms. The molecule has 1 saturated carbocycles. The van der Waals surface area contributed by atoms with Crippen LogP contribution in [-0.2, 0) is 5.41 Å². The number of fused-ring (bicyclic) bond motifs is 3. The fourth-order valence-corrected chi connectivity index (χ4v) is 7.21. The molecule has 220 valence electrons. The second-order valence-electron chi connectivity index (χ2n) is 13.4. The van der Waals surface area contributed by atoms with Crippen LogP contribution in [0.5, 0.6) is 5.75 Å². The van der Waals surface area contributed by atoms with Gasteiger partial charge >= 0.3 is 0 Å². The highest BCUT2D eigenvalue weighted by atomic mass is 16.5. The van der Waals surface area contributed by atoms with Crippen LogP contribution in [0.3, 0.4) is 0 Å². The number of ether oxygens (including phenoxy) is 1. The highest BCUT2D eigenvalue weighted by Gasteiger charge is 2.41. The van der Waals surface area contributed by atoms with Gasteiger partial charge in [-0.3, -0.25) is 0 Å². The molecule has 8 heteroatoms. The van der Waals surface area contributed by atoms with Gasteiger partial charge in [0.15, 0.2) is 11.5 Å². The summed E-state index contributed by atoms with van der Waals surface area (Å²) in [5.41, 5.74) is 6.73. The summed E-state index contributed by atoms with van der Waals surface area (Å²) in [5, 5.41) is 3.78. The first-order valence-corrected chi connectivity index (χ1v) is 15.6. The zero-order chi connectivity index (χ0) is 29.0. The van der Waals surface area contributed by atoms with Gasteiger partial charge in [-0.05, 0) is 79.5 Å². The predicted octanol–water partition coefficient (Wildman–Crippen LogP) is 7.16.